The van der Waals surface area contributed by atoms with E-state index < -0.39 is 23.6 Å². The van der Waals surface area contributed by atoms with E-state index in [4.69, 9.17) is 19.7 Å². The highest BCUT2D eigenvalue weighted by molar-refractivity contribution is 5.98. The number of carbonyl (C=O) groups excluding carboxylic acids is 4. The predicted molar refractivity (Wildman–Crippen MR) is 380 cm³/mol. The summed E-state index contributed by atoms with van der Waals surface area (Å²) < 4.78 is 41.0. The van der Waals surface area contributed by atoms with Gasteiger partial charge in [0.2, 0.25) is 11.8 Å². The Kier molecular flexibility index (Phi) is 30.4. The first-order valence-electron chi connectivity index (χ1n) is 35.2. The number of carbonyl (C=O) groups is 6. The second-order valence-corrected chi connectivity index (χ2v) is 28.7. The Balaban J connectivity index is 0.000000284. The van der Waals surface area contributed by atoms with Crippen molar-refractivity contribution < 1.29 is 57.2 Å². The Hall–Kier alpha value is -8.08. The van der Waals surface area contributed by atoms with Gasteiger partial charge in [-0.05, 0) is 155 Å². The van der Waals surface area contributed by atoms with Crippen molar-refractivity contribution in [1.29, 1.82) is 0 Å². The number of aromatic nitrogens is 6. The number of amides is 4. The Morgan fingerprint density at radius 2 is 0.940 bits per heavy atom. The number of carboxylic acid groups (broad SMARTS) is 2. The highest BCUT2D eigenvalue weighted by atomic mass is 19.1. The van der Waals surface area contributed by atoms with Crippen LogP contribution < -0.4 is 29.9 Å². The van der Waals surface area contributed by atoms with Gasteiger partial charge in [0.1, 0.15) is 35.8 Å². The topological polar surface area (TPSA) is 289 Å². The molecule has 6 heterocycles. The molecule has 100 heavy (non-hydrogen) atoms. The molecule has 4 aliphatic heterocycles. The smallest absolute Gasteiger partial charge is 0.328 e. The number of halogens is 2. The normalized spacial score (nSPS) is 16.8. The Bertz CT molecular complexity index is 3170. The van der Waals surface area contributed by atoms with Gasteiger partial charge in [0, 0.05) is 152 Å². The zero-order valence-corrected chi connectivity index (χ0v) is 61.7. The van der Waals surface area contributed by atoms with E-state index in [1.54, 1.807) is 23.9 Å². The fraction of sp³-hybridized carbons (Fsp3) is 0.639. The summed E-state index contributed by atoms with van der Waals surface area (Å²) in [5.41, 5.74) is 0.633. The van der Waals surface area contributed by atoms with Crippen molar-refractivity contribution in [3.8, 4) is 23.3 Å². The van der Waals surface area contributed by atoms with Crippen molar-refractivity contribution in [2.24, 2.45) is 34.5 Å². The van der Waals surface area contributed by atoms with Crippen LogP contribution in [0.15, 0.2) is 61.2 Å². The van der Waals surface area contributed by atoms with E-state index in [1.807, 2.05) is 55.4 Å². The van der Waals surface area contributed by atoms with Crippen molar-refractivity contribution in [3.63, 3.8) is 0 Å². The zero-order valence-electron chi connectivity index (χ0n) is 61.7. The molecular formula is C72H110F2N16O10. The second kappa shape index (κ2) is 37.6. The van der Waals surface area contributed by atoms with Gasteiger partial charge in [-0.1, -0.05) is 41.5 Å². The van der Waals surface area contributed by atoms with E-state index in [0.29, 0.717) is 60.8 Å². The molecule has 0 unspecified atom stereocenters. The first-order valence-corrected chi connectivity index (χ1v) is 35.2. The standard InChI is InChI=1S/2C34H53FN8O3.C4H4O4/c2*1-9-43(24(4)5)33(45)27-17-26(35)12-13-29(27)46-32-30(37-22-38-39-32)41-16-14-34(19-41)20-42(21-34)28(23(2)3)11-10-15-40(8)18-25(6)31(44)36-7;5-3(6)1-2-4(7)8/h2*12-13,17,22-25,28H,9-11,14-16,18-21H2,1-8H3,(H,36,44);1-2H,(H,5,6)(H,7,8)/b;;2-1+/t2*25-,28+;/m00./s1. The zero-order chi connectivity index (χ0) is 73.8. The number of benzene rings is 2. The van der Waals surface area contributed by atoms with Crippen LogP contribution in [0, 0.1) is 46.1 Å². The maximum absolute atomic E-state index is 14.3. The molecule has 2 aromatic heterocycles. The van der Waals surface area contributed by atoms with Gasteiger partial charge in [-0.15, -0.1) is 20.4 Å². The molecule has 28 heteroatoms. The van der Waals surface area contributed by atoms with Gasteiger partial charge >= 0.3 is 11.9 Å². The summed E-state index contributed by atoms with van der Waals surface area (Å²) in [6, 6.07) is 8.85. The lowest BCUT2D eigenvalue weighted by atomic mass is 9.76. The van der Waals surface area contributed by atoms with Gasteiger partial charge in [0.15, 0.2) is 11.6 Å². The minimum absolute atomic E-state index is 0.0241. The molecule has 26 nitrogen and oxygen atoms in total. The lowest BCUT2D eigenvalue weighted by Gasteiger charge is -2.53. The number of hydrogen-bond donors (Lipinski definition) is 4. The van der Waals surface area contributed by atoms with E-state index in [2.05, 4.69) is 112 Å². The Labute approximate surface area is 589 Å². The third-order valence-corrected chi connectivity index (χ3v) is 19.5. The molecule has 4 aliphatic rings. The average molecular weight is 1400 g/mol. The molecule has 552 valence electrons. The van der Waals surface area contributed by atoms with E-state index in [0.717, 1.165) is 117 Å². The molecule has 2 spiro atoms. The average Bonchev–Trinajstić information content (AvgIpc) is 1.57. The number of nitrogens with one attached hydrogen (secondary N) is 2. The number of hydrogen-bond acceptors (Lipinski definition) is 20. The van der Waals surface area contributed by atoms with Crippen LogP contribution in [0.2, 0.25) is 0 Å². The van der Waals surface area contributed by atoms with Crippen molar-refractivity contribution in [1.82, 2.24) is 70.4 Å². The summed E-state index contributed by atoms with van der Waals surface area (Å²) in [5.74, 6) is -0.890. The third kappa shape index (κ3) is 22.2. The fourth-order valence-electron chi connectivity index (χ4n) is 14.4. The summed E-state index contributed by atoms with van der Waals surface area (Å²) >= 11 is 0. The highest BCUT2D eigenvalue weighted by Gasteiger charge is 2.52. The highest BCUT2D eigenvalue weighted by Crippen LogP contribution is 2.47. The number of carboxylic acids is 2. The summed E-state index contributed by atoms with van der Waals surface area (Å²) in [6.07, 6.45) is 10.4. The molecule has 0 bridgehead atoms. The first-order chi connectivity index (χ1) is 47.4. The van der Waals surface area contributed by atoms with Crippen LogP contribution in [0.3, 0.4) is 0 Å². The minimum atomic E-state index is -1.26. The number of ether oxygens (including phenoxy) is 2. The fourth-order valence-corrected chi connectivity index (χ4v) is 14.4. The largest absolute Gasteiger partial charge is 0.478 e. The SMILES string of the molecule is CCN(C(=O)c1cc(F)ccc1Oc1nncnc1N1CCC2(C1)CN([C@H](CCCN(C)C[C@H](C)C(=O)NC)C(C)C)C2)C(C)C.CCN(C(=O)c1cc(F)ccc1Oc1nncnc1N1CCC2(C1)CN([C@H](CCCN(C)C[C@H](C)C(=O)NC)C(C)C)C2)C(C)C.O=C(O)/C=C/C(=O)O. The number of anilines is 2. The van der Waals surface area contributed by atoms with Crippen molar-refractivity contribution in [2.75, 3.05) is 130 Å². The number of rotatable bonds is 32. The summed E-state index contributed by atoms with van der Waals surface area (Å²) in [6.45, 7) is 36.5. The van der Waals surface area contributed by atoms with Gasteiger partial charge in [0.05, 0.1) is 11.1 Å². The third-order valence-electron chi connectivity index (χ3n) is 19.5. The molecule has 4 saturated heterocycles. The van der Waals surface area contributed by atoms with E-state index >= 15 is 0 Å². The quantitative estimate of drug-likeness (QED) is 0.0334. The van der Waals surface area contributed by atoms with Crippen LogP contribution in [-0.2, 0) is 19.2 Å². The molecule has 0 radical (unpaired) electrons. The van der Waals surface area contributed by atoms with Gasteiger partial charge in [-0.25, -0.2) is 28.3 Å². The summed E-state index contributed by atoms with van der Waals surface area (Å²) in [5, 5.41) is 37.5. The maximum Gasteiger partial charge on any atom is 0.328 e. The van der Waals surface area contributed by atoms with Crippen LogP contribution in [0.4, 0.5) is 20.4 Å². The van der Waals surface area contributed by atoms with Crippen molar-refractivity contribution in [3.05, 3.63) is 84.0 Å². The Morgan fingerprint density at radius 1 is 0.580 bits per heavy atom. The first kappa shape index (κ1) is 80.9. The van der Waals surface area contributed by atoms with Crippen LogP contribution >= 0.6 is 0 Å². The van der Waals surface area contributed by atoms with E-state index in [9.17, 15) is 37.5 Å². The lowest BCUT2D eigenvalue weighted by molar-refractivity contribution is -0.134. The van der Waals surface area contributed by atoms with Crippen LogP contribution in [-0.4, -0.2) is 250 Å². The predicted octanol–water partition coefficient (Wildman–Crippen LogP) is 8.32. The molecular weight excluding hydrogens is 1290 g/mol. The monoisotopic (exact) mass is 1400 g/mol. The molecule has 2 aromatic carbocycles. The van der Waals surface area contributed by atoms with Crippen LogP contribution in [0.25, 0.3) is 0 Å². The van der Waals surface area contributed by atoms with Crippen molar-refractivity contribution in [2.45, 2.75) is 146 Å². The summed E-state index contributed by atoms with van der Waals surface area (Å²) in [7, 11) is 7.56. The van der Waals surface area contributed by atoms with Gasteiger partial charge in [-0.2, -0.15) is 0 Å². The maximum atomic E-state index is 14.3. The van der Waals surface area contributed by atoms with Gasteiger partial charge in [0.25, 0.3) is 23.6 Å². The molecule has 4 amide bonds. The van der Waals surface area contributed by atoms with Crippen molar-refractivity contribution >= 4 is 47.2 Å². The molecule has 8 rings (SSSR count). The minimum Gasteiger partial charge on any atom is -0.478 e. The lowest BCUT2D eigenvalue weighted by Crippen LogP contribution is -2.62. The van der Waals surface area contributed by atoms with Crippen LogP contribution in [0.1, 0.15) is 142 Å². The molecule has 0 saturated carbocycles. The molecule has 4 fully saturated rings. The van der Waals surface area contributed by atoms with E-state index in [-0.39, 0.29) is 92.8 Å². The Morgan fingerprint density at radius 3 is 1.25 bits per heavy atom. The molecule has 4 aromatic rings. The number of likely N-dealkylation sites (tertiary alicyclic amines) is 2. The molecule has 4 atom stereocenters. The van der Waals surface area contributed by atoms with Crippen LogP contribution in [0.5, 0.6) is 23.3 Å². The number of nitrogens with zero attached hydrogens (tertiary/aromatic N) is 14. The second-order valence-electron chi connectivity index (χ2n) is 28.7. The number of aliphatic carboxylic acids is 2. The van der Waals surface area contributed by atoms with E-state index in [1.165, 1.54) is 49.1 Å². The van der Waals surface area contributed by atoms with Gasteiger partial charge < -0.3 is 59.7 Å². The van der Waals surface area contributed by atoms with Gasteiger partial charge in [-0.3, -0.25) is 29.0 Å². The molecule has 4 N–H and O–H groups in total. The molecule has 0 aliphatic carbocycles. The summed E-state index contributed by atoms with van der Waals surface area (Å²) in [4.78, 5) is 96.2.